The number of benzene rings is 5. The van der Waals surface area contributed by atoms with Gasteiger partial charge in [-0.2, -0.15) is 0 Å². The van der Waals surface area contributed by atoms with Crippen LogP contribution in [0.25, 0.3) is 44.5 Å². The summed E-state index contributed by atoms with van der Waals surface area (Å²) in [5.41, 5.74) is 8.49. The maximum absolute atomic E-state index is 17.2. The van der Waals surface area contributed by atoms with Gasteiger partial charge in [-0.05, 0) is 70.2 Å². The van der Waals surface area contributed by atoms with E-state index in [1.807, 2.05) is 97.1 Å². The van der Waals surface area contributed by atoms with Gasteiger partial charge in [-0.1, -0.05) is 125 Å². The van der Waals surface area contributed by atoms with Gasteiger partial charge < -0.3 is 0 Å². The third-order valence-corrected chi connectivity index (χ3v) is 7.98. The summed E-state index contributed by atoms with van der Waals surface area (Å²) in [6.07, 6.45) is 3.52. The maximum Gasteiger partial charge on any atom is 0.140 e. The van der Waals surface area contributed by atoms with E-state index in [1.54, 1.807) is 0 Å². The minimum absolute atomic E-state index is 0.299. The molecule has 0 atom stereocenters. The molecule has 0 saturated carbocycles. The zero-order valence-corrected chi connectivity index (χ0v) is 23.8. The van der Waals surface area contributed by atoms with Crippen LogP contribution in [0.1, 0.15) is 49.9 Å². The van der Waals surface area contributed by atoms with Crippen molar-refractivity contribution in [2.75, 3.05) is 0 Å². The third kappa shape index (κ3) is 5.23. The first kappa shape index (κ1) is 27.5. The molecule has 202 valence electrons. The highest BCUT2D eigenvalue weighted by Gasteiger charge is 2.28. The highest BCUT2D eigenvalue weighted by atomic mass is 19.1. The van der Waals surface area contributed by atoms with E-state index < -0.39 is 11.6 Å². The Bertz CT molecular complexity index is 1350. The summed E-state index contributed by atoms with van der Waals surface area (Å²) in [7, 11) is 0. The molecule has 0 N–H and O–H groups in total. The van der Waals surface area contributed by atoms with Gasteiger partial charge in [-0.3, -0.25) is 0 Å². The van der Waals surface area contributed by atoms with E-state index in [0.29, 0.717) is 44.5 Å². The van der Waals surface area contributed by atoms with Crippen molar-refractivity contribution in [2.45, 2.75) is 53.4 Å². The Kier molecular flexibility index (Phi) is 8.26. The lowest BCUT2D eigenvalue weighted by Gasteiger charge is -2.22. The first-order valence-electron chi connectivity index (χ1n) is 14.4. The molecule has 0 saturated heterocycles. The third-order valence-electron chi connectivity index (χ3n) is 7.98. The smallest absolute Gasteiger partial charge is 0.140 e. The summed E-state index contributed by atoms with van der Waals surface area (Å²) >= 11 is 0. The number of hydrogen-bond donors (Lipinski definition) is 0. The van der Waals surface area contributed by atoms with Gasteiger partial charge in [0.25, 0.3) is 0 Å². The van der Waals surface area contributed by atoms with Crippen molar-refractivity contribution in [2.24, 2.45) is 0 Å². The molecule has 5 aromatic rings. The second-order valence-electron chi connectivity index (χ2n) is 10.3. The standard InChI is InChI=1S/C38H36F2/c1-5-25-9-17-29(18-10-25)33-34(30-19-11-26(6-2)12-20-30)38(40)36(32-23-15-28(8-4)16-24-32)35(37(33)39)31-21-13-27(7-3)14-22-31/h9-24H,5-8H2,1-4H3. The van der Waals surface area contributed by atoms with Crippen LogP contribution in [-0.4, -0.2) is 0 Å². The van der Waals surface area contributed by atoms with E-state index in [2.05, 4.69) is 27.7 Å². The van der Waals surface area contributed by atoms with Crippen LogP contribution >= 0.6 is 0 Å². The van der Waals surface area contributed by atoms with Gasteiger partial charge in [0.2, 0.25) is 0 Å². The van der Waals surface area contributed by atoms with E-state index >= 15 is 8.78 Å². The molecule has 0 nitrogen and oxygen atoms in total. The molecule has 40 heavy (non-hydrogen) atoms. The first-order chi connectivity index (χ1) is 19.5. The van der Waals surface area contributed by atoms with Crippen molar-refractivity contribution in [3.8, 4) is 44.5 Å². The molecule has 0 fully saturated rings. The molecule has 0 heterocycles. The minimum Gasteiger partial charge on any atom is -0.206 e. The van der Waals surface area contributed by atoms with Crippen molar-refractivity contribution in [1.29, 1.82) is 0 Å². The average molecular weight is 531 g/mol. The molecular weight excluding hydrogens is 494 g/mol. The maximum atomic E-state index is 17.2. The average Bonchev–Trinajstić information content (AvgIpc) is 3.02. The van der Waals surface area contributed by atoms with E-state index in [-0.39, 0.29) is 0 Å². The monoisotopic (exact) mass is 530 g/mol. The molecule has 0 unspecified atom stereocenters. The van der Waals surface area contributed by atoms with Crippen LogP contribution in [0.3, 0.4) is 0 Å². The van der Waals surface area contributed by atoms with Crippen molar-refractivity contribution >= 4 is 0 Å². The summed E-state index contributed by atoms with van der Waals surface area (Å²) in [4.78, 5) is 0. The second kappa shape index (κ2) is 12.0. The molecule has 0 bridgehead atoms. The van der Waals surface area contributed by atoms with Gasteiger partial charge in [-0.25, -0.2) is 8.78 Å². The molecule has 0 aliphatic carbocycles. The largest absolute Gasteiger partial charge is 0.206 e. The predicted molar refractivity (Wildman–Crippen MR) is 166 cm³/mol. The molecule has 0 amide bonds. The Morgan fingerprint density at radius 2 is 0.500 bits per heavy atom. The van der Waals surface area contributed by atoms with E-state index in [1.165, 1.54) is 0 Å². The molecule has 0 spiro atoms. The number of halogens is 2. The van der Waals surface area contributed by atoms with Crippen molar-refractivity contribution in [3.05, 3.63) is 131 Å². The van der Waals surface area contributed by atoms with Gasteiger partial charge in [0.05, 0.1) is 0 Å². The Morgan fingerprint density at radius 1 is 0.325 bits per heavy atom. The lowest BCUT2D eigenvalue weighted by molar-refractivity contribution is 0.612. The summed E-state index contributed by atoms with van der Waals surface area (Å²) in [5, 5.41) is 0. The SMILES string of the molecule is CCc1ccc(-c2c(F)c(-c3ccc(CC)cc3)c(-c3ccc(CC)cc3)c(F)c2-c2ccc(CC)cc2)cc1. The fourth-order valence-electron chi connectivity index (χ4n) is 5.40. The van der Waals surface area contributed by atoms with Crippen LogP contribution in [0.5, 0.6) is 0 Å². The molecular formula is C38H36F2. The number of aryl methyl sites for hydroxylation is 4. The first-order valence-corrected chi connectivity index (χ1v) is 14.4. The zero-order valence-electron chi connectivity index (χ0n) is 23.8. The van der Waals surface area contributed by atoms with Crippen molar-refractivity contribution in [3.63, 3.8) is 0 Å². The topological polar surface area (TPSA) is 0 Å². The lowest BCUT2D eigenvalue weighted by atomic mass is 9.83. The van der Waals surface area contributed by atoms with E-state index in [0.717, 1.165) is 47.9 Å². The van der Waals surface area contributed by atoms with Gasteiger partial charge in [0, 0.05) is 22.3 Å². The van der Waals surface area contributed by atoms with Crippen LogP contribution in [-0.2, 0) is 25.7 Å². The molecule has 0 aromatic heterocycles. The quantitative estimate of drug-likeness (QED) is 0.187. The number of hydrogen-bond acceptors (Lipinski definition) is 0. The summed E-state index contributed by atoms with van der Waals surface area (Å²) < 4.78 is 34.4. The molecule has 2 heteroatoms. The zero-order chi connectivity index (χ0) is 28.2. The Balaban J connectivity index is 1.89. The van der Waals surface area contributed by atoms with E-state index in [4.69, 9.17) is 0 Å². The van der Waals surface area contributed by atoms with E-state index in [9.17, 15) is 0 Å². The Morgan fingerprint density at radius 3 is 0.650 bits per heavy atom. The Labute approximate surface area is 237 Å². The van der Waals surface area contributed by atoms with Crippen LogP contribution < -0.4 is 0 Å². The summed E-state index contributed by atoms with van der Waals surface area (Å²) in [6.45, 7) is 8.36. The van der Waals surface area contributed by atoms with Crippen LogP contribution in [0.4, 0.5) is 8.78 Å². The fraction of sp³-hybridized carbons (Fsp3) is 0.211. The van der Waals surface area contributed by atoms with Crippen LogP contribution in [0.2, 0.25) is 0 Å². The number of rotatable bonds is 8. The van der Waals surface area contributed by atoms with Crippen molar-refractivity contribution in [1.82, 2.24) is 0 Å². The Hall–Kier alpha value is -4.04. The molecule has 5 aromatic carbocycles. The molecule has 5 rings (SSSR count). The summed E-state index contributed by atoms with van der Waals surface area (Å²) in [6, 6.07) is 31.4. The molecule has 0 radical (unpaired) electrons. The van der Waals surface area contributed by atoms with Crippen LogP contribution in [0, 0.1) is 11.6 Å². The lowest BCUT2D eigenvalue weighted by Crippen LogP contribution is -2.03. The van der Waals surface area contributed by atoms with Gasteiger partial charge in [-0.15, -0.1) is 0 Å². The molecule has 0 aliphatic heterocycles. The van der Waals surface area contributed by atoms with Gasteiger partial charge in [0.1, 0.15) is 11.6 Å². The minimum atomic E-state index is -0.404. The van der Waals surface area contributed by atoms with Crippen molar-refractivity contribution < 1.29 is 8.78 Å². The van der Waals surface area contributed by atoms with Crippen LogP contribution in [0.15, 0.2) is 97.1 Å². The fourth-order valence-corrected chi connectivity index (χ4v) is 5.40. The highest BCUT2D eigenvalue weighted by molar-refractivity contribution is 5.96. The van der Waals surface area contributed by atoms with Gasteiger partial charge >= 0.3 is 0 Å². The molecule has 0 aliphatic rings. The predicted octanol–water partition coefficient (Wildman–Crippen LogP) is 10.9. The second-order valence-corrected chi connectivity index (χ2v) is 10.3. The normalized spacial score (nSPS) is 11.2. The highest BCUT2D eigenvalue weighted by Crippen LogP contribution is 2.47. The summed E-state index contributed by atoms with van der Waals surface area (Å²) in [5.74, 6) is -0.807. The van der Waals surface area contributed by atoms with Gasteiger partial charge in [0.15, 0.2) is 0 Å².